The lowest BCUT2D eigenvalue weighted by molar-refractivity contribution is 0.482. The van der Waals surface area contributed by atoms with Gasteiger partial charge in [-0.05, 0) is 350 Å². The van der Waals surface area contributed by atoms with Crippen molar-refractivity contribution in [3.63, 3.8) is 0 Å². The fourth-order valence-corrected chi connectivity index (χ4v) is 23.2. The van der Waals surface area contributed by atoms with Crippen LogP contribution in [0.2, 0.25) is 0 Å². The van der Waals surface area contributed by atoms with Crippen LogP contribution in [0.25, 0.3) is 101 Å². The molecule has 4 aliphatic carbocycles. The van der Waals surface area contributed by atoms with Crippen LogP contribution < -0.4 is 14.4 Å². The van der Waals surface area contributed by atoms with Gasteiger partial charge in [0.15, 0.2) is 0 Å². The predicted molar refractivity (Wildman–Crippen MR) is 564 cm³/mol. The van der Waals surface area contributed by atoms with E-state index >= 15 is 0 Å². The first-order valence-electron chi connectivity index (χ1n) is 47.5. The van der Waals surface area contributed by atoms with Gasteiger partial charge in [0, 0.05) is 23.0 Å². The highest BCUT2D eigenvalue weighted by Crippen LogP contribution is 2.66. The summed E-state index contributed by atoms with van der Waals surface area (Å²) < 4.78 is 42.2. The summed E-state index contributed by atoms with van der Waals surface area (Å²) >= 11 is 0. The summed E-state index contributed by atoms with van der Waals surface area (Å²) in [5.41, 5.74) is 43.3. The minimum atomic E-state index is -0.796. The zero-order chi connectivity index (χ0) is 93.1. The quantitative estimate of drug-likeness (QED) is 0.0716. The summed E-state index contributed by atoms with van der Waals surface area (Å²) in [5, 5.41) is 0. The molecule has 0 N–H and O–H groups in total. The molecule has 0 fully saturated rings. The Morgan fingerprint density at radius 3 is 0.993 bits per heavy atom. The SMILES string of the molecule is C=Cc1ccc(Oc2ccc(C3(c4cc(C)ccc4C)c4ccccc4-c4ccc(C(Cc5ccc6c(c5)C5(c7ccccc7-6)c6ccccc6-c6ccc(N(c7ccc(-c8cccc(-c9ccc(F)cc9)c8)cc7)c7ccc8c(c7)C(c7ccc(Oc9ccc(C=C)cc9)cc7)(c7cc(C)ccc7C)c7ccccc7-8)cc65)c5ccc(-c6cccc(-c7ccc(F)cc7)c6)cc5)cc43)cc2)cc1. The Labute approximate surface area is 805 Å². The van der Waals surface area contributed by atoms with E-state index in [0.717, 1.165) is 107 Å². The third kappa shape index (κ3) is 14.0. The van der Waals surface area contributed by atoms with Crippen LogP contribution in [-0.2, 0) is 22.7 Å². The summed E-state index contributed by atoms with van der Waals surface area (Å²) in [4.78, 5) is 2.50. The fourth-order valence-electron chi connectivity index (χ4n) is 23.2. The van der Waals surface area contributed by atoms with E-state index in [1.165, 1.54) is 163 Å². The highest BCUT2D eigenvalue weighted by Gasteiger charge is 2.54. The molecule has 0 aliphatic heterocycles. The third-order valence-electron chi connectivity index (χ3n) is 29.7. The molecule has 24 rings (SSSR count). The van der Waals surface area contributed by atoms with Crippen LogP contribution in [0.3, 0.4) is 0 Å². The van der Waals surface area contributed by atoms with Crippen molar-refractivity contribution in [2.24, 2.45) is 0 Å². The molecule has 0 radical (unpaired) electrons. The van der Waals surface area contributed by atoms with Crippen LogP contribution in [-0.4, -0.2) is 0 Å². The topological polar surface area (TPSA) is 21.7 Å². The van der Waals surface area contributed by atoms with E-state index < -0.39 is 16.2 Å². The third-order valence-corrected chi connectivity index (χ3v) is 29.7. The number of aryl methyl sites for hydroxylation is 4. The average Bonchev–Trinajstić information content (AvgIpc) is 1.50. The first-order valence-corrected chi connectivity index (χ1v) is 47.5. The number of hydrogen-bond acceptors (Lipinski definition) is 3. The molecule has 20 aromatic carbocycles. The van der Waals surface area contributed by atoms with E-state index in [-0.39, 0.29) is 17.6 Å². The lowest BCUT2D eigenvalue weighted by Crippen LogP contribution is -2.30. The van der Waals surface area contributed by atoms with Gasteiger partial charge >= 0.3 is 0 Å². The zero-order valence-electron chi connectivity index (χ0n) is 77.1. The number of benzene rings is 20. The van der Waals surface area contributed by atoms with Crippen molar-refractivity contribution in [2.75, 3.05) is 4.90 Å². The highest BCUT2D eigenvalue weighted by atomic mass is 19.1. The molecular formula is C133H95F2NO2. The number of hydrogen-bond donors (Lipinski definition) is 0. The Morgan fingerprint density at radius 2 is 0.580 bits per heavy atom. The molecule has 4 atom stereocenters. The molecule has 138 heavy (non-hydrogen) atoms. The minimum absolute atomic E-state index is 0.169. The standard InChI is InChI=1S/C133H95F2NO2/c1-7-88-35-63-108(64-36-88)137-110-67-51-101(52-68-110)131(125-75-84(3)31-33-86(125)5)121-27-13-9-23-112(121)117-72-50-100(81-128(117)131)120(95-42-40-91(41-43-95)96-19-17-20-97(79-96)92-44-55-103(134)56-45-92)77-90-39-71-116-114-25-11-15-29-123(114)133(127(116)78-90)124-30-16-12-26-115(124)119-74-62-107(83-130(119)133)136(105-59-48-94(49-60-105)99-22-18-21-98(80-99)93-46-57-104(135)58-47-93)106-61-73-118-113-24-10-14-28-122(113)132(129(118)82-106,126-76-85(4)32-34-87(126)6)102-53-69-111(70-54-102)138-109-65-37-89(8-2)38-66-109/h7-76,78-83,120H,1-2,77H2,3-6H3. The Balaban J connectivity index is 0.684. The van der Waals surface area contributed by atoms with E-state index in [1.807, 2.05) is 84.9 Å². The first-order chi connectivity index (χ1) is 67.7. The maximum absolute atomic E-state index is 14.5. The second-order valence-corrected chi connectivity index (χ2v) is 37.4. The van der Waals surface area contributed by atoms with Crippen LogP contribution in [0.4, 0.5) is 25.8 Å². The van der Waals surface area contributed by atoms with Gasteiger partial charge in [0.05, 0.1) is 16.2 Å². The fraction of sp³-hybridized carbons (Fsp3) is 0.0677. The van der Waals surface area contributed by atoms with Crippen LogP contribution in [0.1, 0.15) is 123 Å². The summed E-state index contributed by atoms with van der Waals surface area (Å²) in [6, 6.07) is 163. The van der Waals surface area contributed by atoms with Gasteiger partial charge in [-0.3, -0.25) is 0 Å². The molecule has 0 aromatic heterocycles. The van der Waals surface area contributed by atoms with Crippen molar-refractivity contribution in [2.45, 2.75) is 56.3 Å². The molecule has 1 spiro atoms. The summed E-state index contributed by atoms with van der Waals surface area (Å²) in [7, 11) is 0. The molecule has 3 nitrogen and oxygen atoms in total. The van der Waals surface area contributed by atoms with Crippen LogP contribution in [0.15, 0.2) is 462 Å². The molecule has 4 aliphatic rings. The smallest absolute Gasteiger partial charge is 0.127 e. The molecule has 0 saturated carbocycles. The van der Waals surface area contributed by atoms with Gasteiger partial charge in [-0.15, -0.1) is 0 Å². The molecule has 0 saturated heterocycles. The van der Waals surface area contributed by atoms with Gasteiger partial charge in [-0.25, -0.2) is 8.78 Å². The number of halogens is 2. The van der Waals surface area contributed by atoms with Crippen molar-refractivity contribution >= 4 is 29.2 Å². The Morgan fingerprint density at radius 1 is 0.254 bits per heavy atom. The monoisotopic (exact) mass is 1780 g/mol. The van der Waals surface area contributed by atoms with Gasteiger partial charge in [-0.2, -0.15) is 0 Å². The molecule has 4 unspecified atom stereocenters. The molecule has 0 heterocycles. The lowest BCUT2D eigenvalue weighted by Gasteiger charge is -2.36. The lowest BCUT2D eigenvalue weighted by atomic mass is 9.65. The number of nitrogens with zero attached hydrogens (tertiary/aromatic N) is 1. The van der Waals surface area contributed by atoms with Crippen LogP contribution in [0.5, 0.6) is 23.0 Å². The predicted octanol–water partition coefficient (Wildman–Crippen LogP) is 34.7. The van der Waals surface area contributed by atoms with Crippen LogP contribution in [0, 0.1) is 39.3 Å². The van der Waals surface area contributed by atoms with Crippen molar-refractivity contribution < 1.29 is 18.3 Å². The van der Waals surface area contributed by atoms with Crippen molar-refractivity contribution in [3.05, 3.63) is 591 Å². The van der Waals surface area contributed by atoms with Crippen molar-refractivity contribution in [3.8, 4) is 112 Å². The summed E-state index contributed by atoms with van der Waals surface area (Å²) in [6.45, 7) is 17.0. The molecular weight excluding hydrogens is 1680 g/mol. The Kier molecular flexibility index (Phi) is 20.7. The highest BCUT2D eigenvalue weighted by molar-refractivity contribution is 5.98. The average molecular weight is 1780 g/mol. The van der Waals surface area contributed by atoms with Gasteiger partial charge in [0.1, 0.15) is 34.6 Å². The molecule has 658 valence electrons. The minimum Gasteiger partial charge on any atom is -0.457 e. The normalized spacial score (nSPS) is 15.5. The maximum atomic E-state index is 14.5. The number of anilines is 3. The molecule has 20 aromatic rings. The van der Waals surface area contributed by atoms with E-state index in [9.17, 15) is 8.78 Å². The second-order valence-electron chi connectivity index (χ2n) is 37.4. The molecule has 5 heteroatoms. The van der Waals surface area contributed by atoms with E-state index in [0.29, 0.717) is 6.42 Å². The zero-order valence-corrected chi connectivity index (χ0v) is 77.1. The second kappa shape index (κ2) is 33.9. The van der Waals surface area contributed by atoms with Gasteiger partial charge in [0.25, 0.3) is 0 Å². The molecule has 0 bridgehead atoms. The van der Waals surface area contributed by atoms with E-state index in [2.05, 4.69) is 398 Å². The molecule has 0 amide bonds. The maximum Gasteiger partial charge on any atom is 0.127 e. The van der Waals surface area contributed by atoms with Crippen molar-refractivity contribution in [1.82, 2.24) is 0 Å². The summed E-state index contributed by atoms with van der Waals surface area (Å²) in [5.74, 6) is 2.30. The van der Waals surface area contributed by atoms with Gasteiger partial charge < -0.3 is 14.4 Å². The van der Waals surface area contributed by atoms with Gasteiger partial charge in [0.2, 0.25) is 0 Å². The Bertz CT molecular complexity index is 8230. The largest absolute Gasteiger partial charge is 0.457 e. The number of ether oxygens (including phenoxy) is 2. The van der Waals surface area contributed by atoms with Gasteiger partial charge in [-0.1, -0.05) is 364 Å². The van der Waals surface area contributed by atoms with Crippen molar-refractivity contribution in [1.29, 1.82) is 0 Å². The van der Waals surface area contributed by atoms with Crippen LogP contribution >= 0.6 is 0 Å². The summed E-state index contributed by atoms with van der Waals surface area (Å²) in [6.07, 6.45) is 4.36. The Hall–Kier alpha value is -16.9. The van der Waals surface area contributed by atoms with E-state index in [1.54, 1.807) is 0 Å². The number of rotatable bonds is 21. The first kappa shape index (κ1) is 84.2. The number of fused-ring (bicyclic) bond motifs is 16. The van der Waals surface area contributed by atoms with E-state index in [4.69, 9.17) is 9.47 Å².